The molecule has 0 atom stereocenters. The van der Waals surface area contributed by atoms with Crippen LogP contribution in [0.3, 0.4) is 0 Å². The largest absolute Gasteiger partial charge is 0.552 e. The smallest absolute Gasteiger partial charge is 0.531 e. The first kappa shape index (κ1) is 15.6. The number of nitrogens with zero attached hydrogens (tertiary/aromatic N) is 1. The molecule has 0 radical (unpaired) electrons. The van der Waals surface area contributed by atoms with E-state index in [1.807, 2.05) is 0 Å². The van der Waals surface area contributed by atoms with Crippen molar-refractivity contribution in [3.63, 3.8) is 0 Å². The molecule has 8 heteroatoms. The summed E-state index contributed by atoms with van der Waals surface area (Å²) in [7, 11) is -4.12. The van der Waals surface area contributed by atoms with Crippen molar-refractivity contribution in [1.82, 2.24) is 9.71 Å². The Morgan fingerprint density at radius 1 is 1.32 bits per heavy atom. The molecule has 0 saturated heterocycles. The Bertz CT molecular complexity index is 901. The van der Waals surface area contributed by atoms with E-state index in [4.69, 9.17) is 4.65 Å². The monoisotopic (exact) mass is 358 g/mol. The van der Waals surface area contributed by atoms with Crippen LogP contribution in [0.4, 0.5) is 0 Å². The van der Waals surface area contributed by atoms with E-state index < -0.39 is 17.1 Å². The average Bonchev–Trinajstić information content (AvgIpc) is 3.29. The van der Waals surface area contributed by atoms with Crippen molar-refractivity contribution in [3.05, 3.63) is 35.1 Å². The molecule has 6 nitrogen and oxygen atoms in total. The van der Waals surface area contributed by atoms with Crippen LogP contribution in [0.2, 0.25) is 0 Å². The van der Waals surface area contributed by atoms with E-state index in [9.17, 15) is 13.4 Å². The SMILES string of the molecule is O=S(=O)(NC1CC(C2=CB(O)Oc3cnc4c(c32)C=CC4)C1)C1CC1. The molecule has 5 rings (SSSR count). The Morgan fingerprint density at radius 3 is 2.88 bits per heavy atom. The second kappa shape index (κ2) is 5.43. The zero-order chi connectivity index (χ0) is 17.2. The molecular weight excluding hydrogens is 339 g/mol. The maximum absolute atomic E-state index is 12.1. The summed E-state index contributed by atoms with van der Waals surface area (Å²) in [4.78, 5) is 4.42. The van der Waals surface area contributed by atoms with E-state index in [1.165, 1.54) is 0 Å². The molecule has 2 N–H and O–H groups in total. The zero-order valence-corrected chi connectivity index (χ0v) is 14.5. The third-order valence-corrected chi connectivity index (χ3v) is 7.50. The maximum atomic E-state index is 12.1. The lowest BCUT2D eigenvalue weighted by atomic mass is 9.68. The molecule has 0 amide bonds. The van der Waals surface area contributed by atoms with E-state index in [1.54, 1.807) is 12.2 Å². The highest BCUT2D eigenvalue weighted by atomic mass is 32.2. The molecule has 2 heterocycles. The molecular formula is C17H19BN2O4S. The van der Waals surface area contributed by atoms with Gasteiger partial charge in [0.15, 0.2) is 0 Å². The van der Waals surface area contributed by atoms with Crippen molar-refractivity contribution in [1.29, 1.82) is 0 Å². The molecule has 3 aliphatic carbocycles. The topological polar surface area (TPSA) is 88.5 Å². The van der Waals surface area contributed by atoms with Gasteiger partial charge in [-0.2, -0.15) is 0 Å². The molecule has 25 heavy (non-hydrogen) atoms. The second-order valence-corrected chi connectivity index (χ2v) is 9.31. The van der Waals surface area contributed by atoms with Gasteiger partial charge in [-0.1, -0.05) is 12.2 Å². The Balaban J connectivity index is 1.39. The first-order chi connectivity index (χ1) is 12.0. The molecule has 0 aromatic carbocycles. The van der Waals surface area contributed by atoms with Crippen LogP contribution in [0, 0.1) is 5.92 Å². The summed E-state index contributed by atoms with van der Waals surface area (Å²) in [5, 5.41) is 9.84. The summed E-state index contributed by atoms with van der Waals surface area (Å²) in [5.41, 5.74) is 4.16. The first-order valence-corrected chi connectivity index (χ1v) is 10.3. The molecule has 1 aliphatic heterocycles. The molecule has 0 spiro atoms. The molecule has 1 aromatic rings. The van der Waals surface area contributed by atoms with Gasteiger partial charge in [0.1, 0.15) is 5.75 Å². The van der Waals surface area contributed by atoms with Gasteiger partial charge in [-0.3, -0.25) is 4.98 Å². The third-order valence-electron chi connectivity index (χ3n) is 5.49. The van der Waals surface area contributed by atoms with Gasteiger partial charge in [0.05, 0.1) is 17.1 Å². The van der Waals surface area contributed by atoms with Crippen LogP contribution in [0.5, 0.6) is 5.75 Å². The second-order valence-electron chi connectivity index (χ2n) is 7.32. The molecule has 4 aliphatic rings. The van der Waals surface area contributed by atoms with Crippen LogP contribution in [0.1, 0.15) is 42.5 Å². The van der Waals surface area contributed by atoms with Gasteiger partial charge in [-0.25, -0.2) is 13.1 Å². The van der Waals surface area contributed by atoms with Crippen molar-refractivity contribution in [2.75, 3.05) is 0 Å². The normalized spacial score (nSPS) is 27.2. The van der Waals surface area contributed by atoms with Crippen molar-refractivity contribution < 1.29 is 18.1 Å². The van der Waals surface area contributed by atoms with Gasteiger partial charge in [0.25, 0.3) is 0 Å². The quantitative estimate of drug-likeness (QED) is 0.793. The fraction of sp³-hybridized carbons (Fsp3) is 0.471. The number of nitrogens with one attached hydrogen (secondary N) is 1. The summed E-state index contributed by atoms with van der Waals surface area (Å²) in [5.74, 6) is 2.59. The number of hydrogen-bond acceptors (Lipinski definition) is 5. The predicted octanol–water partition coefficient (Wildman–Crippen LogP) is 1.31. The fourth-order valence-electron chi connectivity index (χ4n) is 3.98. The number of aromatic nitrogens is 1. The van der Waals surface area contributed by atoms with Crippen molar-refractivity contribution in [3.8, 4) is 5.75 Å². The maximum Gasteiger partial charge on any atom is 0.552 e. The summed E-state index contributed by atoms with van der Waals surface area (Å²) < 4.78 is 32.5. The number of rotatable bonds is 4. The van der Waals surface area contributed by atoms with Crippen LogP contribution in [-0.2, 0) is 16.4 Å². The number of pyridine rings is 1. The fourth-order valence-corrected chi connectivity index (χ4v) is 5.59. The highest BCUT2D eigenvalue weighted by Gasteiger charge is 2.42. The van der Waals surface area contributed by atoms with E-state index in [0.29, 0.717) is 5.75 Å². The molecule has 0 bridgehead atoms. The van der Waals surface area contributed by atoms with Crippen LogP contribution in [0.15, 0.2) is 18.2 Å². The van der Waals surface area contributed by atoms with Crippen molar-refractivity contribution in [2.45, 2.75) is 43.4 Å². The lowest BCUT2D eigenvalue weighted by molar-refractivity contribution is 0.308. The Hall–Kier alpha value is -1.64. The van der Waals surface area contributed by atoms with Gasteiger partial charge in [-0.05, 0) is 43.1 Å². The molecule has 130 valence electrons. The van der Waals surface area contributed by atoms with E-state index in [2.05, 4.69) is 21.9 Å². The van der Waals surface area contributed by atoms with Crippen LogP contribution >= 0.6 is 0 Å². The lowest BCUT2D eigenvalue weighted by Crippen LogP contribution is -2.46. The van der Waals surface area contributed by atoms with Crippen LogP contribution in [-0.4, -0.2) is 36.8 Å². The average molecular weight is 358 g/mol. The summed E-state index contributed by atoms with van der Waals surface area (Å²) in [6.45, 7) is 0. The van der Waals surface area contributed by atoms with Crippen LogP contribution in [0.25, 0.3) is 11.6 Å². The number of hydrogen-bond donors (Lipinski definition) is 2. The highest BCUT2D eigenvalue weighted by molar-refractivity contribution is 7.90. The lowest BCUT2D eigenvalue weighted by Gasteiger charge is -2.39. The van der Waals surface area contributed by atoms with E-state index in [0.717, 1.165) is 54.5 Å². The minimum Gasteiger partial charge on any atom is -0.531 e. The van der Waals surface area contributed by atoms with E-state index in [-0.39, 0.29) is 17.2 Å². The Labute approximate surface area is 147 Å². The van der Waals surface area contributed by atoms with Gasteiger partial charge >= 0.3 is 7.12 Å². The molecule has 2 saturated carbocycles. The number of allylic oxidation sites excluding steroid dienone is 2. The zero-order valence-electron chi connectivity index (χ0n) is 13.7. The number of fused-ring (bicyclic) bond motifs is 3. The predicted molar refractivity (Wildman–Crippen MR) is 95.1 cm³/mol. The Kier molecular flexibility index (Phi) is 3.39. The number of sulfonamides is 1. The first-order valence-electron chi connectivity index (χ1n) is 8.77. The van der Waals surface area contributed by atoms with Crippen LogP contribution < -0.4 is 9.38 Å². The minimum atomic E-state index is -3.15. The third kappa shape index (κ3) is 2.63. The Morgan fingerprint density at radius 2 is 2.12 bits per heavy atom. The van der Waals surface area contributed by atoms with Gasteiger partial charge in [0.2, 0.25) is 10.0 Å². The highest BCUT2D eigenvalue weighted by Crippen LogP contribution is 2.47. The van der Waals surface area contributed by atoms with Gasteiger partial charge in [0, 0.05) is 23.6 Å². The molecule has 1 aromatic heterocycles. The summed E-state index contributed by atoms with van der Waals surface area (Å²) >= 11 is 0. The van der Waals surface area contributed by atoms with Gasteiger partial charge < -0.3 is 9.68 Å². The summed E-state index contributed by atoms with van der Waals surface area (Å²) in [6.07, 6.45) is 9.69. The van der Waals surface area contributed by atoms with Crippen molar-refractivity contribution >= 4 is 28.8 Å². The van der Waals surface area contributed by atoms with Gasteiger partial charge in [-0.15, -0.1) is 0 Å². The minimum absolute atomic E-state index is 0.00892. The standard InChI is InChI=1S/C17H19BN2O4S/c21-18-8-14(10-6-11(7-10)20-25(22,23)12-4-5-12)17-13-2-1-3-15(13)19-9-16(17)24-18/h1-2,8-12,20-21H,3-7H2. The van der Waals surface area contributed by atoms with E-state index >= 15 is 0 Å². The van der Waals surface area contributed by atoms with Crippen molar-refractivity contribution in [2.24, 2.45) is 5.92 Å². The molecule has 2 fully saturated rings. The summed E-state index contributed by atoms with van der Waals surface area (Å²) in [6, 6.07) is -0.00892. The molecule has 0 unspecified atom stereocenters.